The summed E-state index contributed by atoms with van der Waals surface area (Å²) in [7, 11) is -2.25. The Labute approximate surface area is 180 Å². The average Bonchev–Trinajstić information content (AvgIpc) is 3.26. The van der Waals surface area contributed by atoms with Crippen LogP contribution in [0.25, 0.3) is 11.3 Å². The fraction of sp³-hybridized carbons (Fsp3) is 0.227. The first-order valence-electron chi connectivity index (χ1n) is 9.28. The van der Waals surface area contributed by atoms with Crippen LogP contribution in [-0.4, -0.2) is 31.0 Å². The van der Waals surface area contributed by atoms with Gasteiger partial charge in [-0.05, 0) is 62.7 Å². The molecule has 0 aliphatic rings. The highest BCUT2D eigenvalue weighted by molar-refractivity contribution is 7.92. The van der Waals surface area contributed by atoms with Crippen molar-refractivity contribution >= 4 is 33.3 Å². The smallest absolute Gasteiger partial charge is 0.264 e. The minimum absolute atomic E-state index is 0.198. The summed E-state index contributed by atoms with van der Waals surface area (Å²) in [5.74, 6) is 0.521. The SMILES string of the molecule is CN(c1ccc(C=N[S+]([O-])C(C)(C)C)cc1-c1ccco1)S(=O)(=O)c1ccccc1. The van der Waals surface area contributed by atoms with Gasteiger partial charge in [0.25, 0.3) is 10.0 Å². The number of sulfonamides is 1. The maximum atomic E-state index is 13.1. The molecule has 0 bridgehead atoms. The van der Waals surface area contributed by atoms with Crippen molar-refractivity contribution in [2.45, 2.75) is 30.4 Å². The molecule has 30 heavy (non-hydrogen) atoms. The Bertz CT molecular complexity index is 1120. The lowest BCUT2D eigenvalue weighted by Gasteiger charge is -2.22. The monoisotopic (exact) mass is 444 g/mol. The molecule has 6 nitrogen and oxygen atoms in total. The van der Waals surface area contributed by atoms with Crippen LogP contribution in [0.2, 0.25) is 0 Å². The standard InChI is InChI=1S/C22H24N2O4S2/c1-22(2,3)29(25)23-16-17-12-13-20(19(15-17)21-11-8-14-28-21)24(4)30(26,27)18-9-6-5-7-10-18/h5-16H,1-4H3. The normalized spacial score (nSPS) is 13.5. The number of hydrogen-bond acceptors (Lipinski definition) is 5. The number of benzene rings is 2. The lowest BCUT2D eigenvalue weighted by molar-refractivity contribution is 0.562. The zero-order valence-corrected chi connectivity index (χ0v) is 18.9. The fourth-order valence-corrected chi connectivity index (χ4v) is 4.45. The third kappa shape index (κ3) is 4.77. The molecule has 1 unspecified atom stereocenters. The average molecular weight is 445 g/mol. The van der Waals surface area contributed by atoms with Crippen molar-refractivity contribution in [2.75, 3.05) is 11.4 Å². The van der Waals surface area contributed by atoms with E-state index in [0.29, 0.717) is 22.6 Å². The van der Waals surface area contributed by atoms with Gasteiger partial charge in [0.1, 0.15) is 21.9 Å². The van der Waals surface area contributed by atoms with Gasteiger partial charge >= 0.3 is 0 Å². The van der Waals surface area contributed by atoms with E-state index >= 15 is 0 Å². The van der Waals surface area contributed by atoms with Crippen LogP contribution in [0, 0.1) is 0 Å². The molecule has 0 spiro atoms. The van der Waals surface area contributed by atoms with Crippen molar-refractivity contribution in [1.82, 2.24) is 0 Å². The van der Waals surface area contributed by atoms with E-state index in [4.69, 9.17) is 4.42 Å². The second-order valence-corrected chi connectivity index (χ2v) is 11.5. The molecule has 1 aromatic heterocycles. The Morgan fingerprint density at radius 2 is 1.77 bits per heavy atom. The van der Waals surface area contributed by atoms with Gasteiger partial charge in [-0.2, -0.15) is 0 Å². The van der Waals surface area contributed by atoms with Gasteiger partial charge in [-0.1, -0.05) is 28.7 Å². The molecule has 0 N–H and O–H groups in total. The van der Waals surface area contributed by atoms with Crippen LogP contribution in [0.1, 0.15) is 26.3 Å². The van der Waals surface area contributed by atoms with Crippen molar-refractivity contribution in [1.29, 1.82) is 0 Å². The highest BCUT2D eigenvalue weighted by Crippen LogP contribution is 2.34. The van der Waals surface area contributed by atoms with Gasteiger partial charge < -0.3 is 8.97 Å². The maximum absolute atomic E-state index is 13.1. The second kappa shape index (κ2) is 8.67. The molecule has 158 valence electrons. The van der Waals surface area contributed by atoms with E-state index in [2.05, 4.69) is 4.40 Å². The van der Waals surface area contributed by atoms with Crippen molar-refractivity contribution in [3.05, 3.63) is 72.5 Å². The topological polar surface area (TPSA) is 85.9 Å². The van der Waals surface area contributed by atoms with E-state index in [0.717, 1.165) is 0 Å². The van der Waals surface area contributed by atoms with Crippen LogP contribution in [0.3, 0.4) is 0 Å². The third-order valence-electron chi connectivity index (χ3n) is 4.37. The quantitative estimate of drug-likeness (QED) is 0.409. The van der Waals surface area contributed by atoms with E-state index in [1.807, 2.05) is 20.8 Å². The molecule has 3 aromatic rings. The van der Waals surface area contributed by atoms with E-state index < -0.39 is 26.1 Å². The first-order valence-corrected chi connectivity index (χ1v) is 11.8. The summed E-state index contributed by atoms with van der Waals surface area (Å²) in [6, 6.07) is 16.9. The molecular weight excluding hydrogens is 420 g/mol. The van der Waals surface area contributed by atoms with Crippen LogP contribution in [0.15, 0.2) is 80.6 Å². The van der Waals surface area contributed by atoms with Crippen molar-refractivity contribution in [3.63, 3.8) is 0 Å². The maximum Gasteiger partial charge on any atom is 0.264 e. The Kier molecular flexibility index (Phi) is 6.40. The lowest BCUT2D eigenvalue weighted by Crippen LogP contribution is -2.27. The summed E-state index contributed by atoms with van der Waals surface area (Å²) in [5, 5.41) is 0. The van der Waals surface area contributed by atoms with Crippen LogP contribution in [0.4, 0.5) is 5.69 Å². The number of furan rings is 1. The molecule has 0 aliphatic carbocycles. The van der Waals surface area contributed by atoms with Crippen LogP contribution < -0.4 is 4.31 Å². The number of rotatable bonds is 6. The van der Waals surface area contributed by atoms with Gasteiger partial charge in [-0.15, -0.1) is 0 Å². The van der Waals surface area contributed by atoms with E-state index in [1.165, 1.54) is 23.8 Å². The molecule has 8 heteroatoms. The van der Waals surface area contributed by atoms with Crippen LogP contribution in [0.5, 0.6) is 0 Å². The summed E-state index contributed by atoms with van der Waals surface area (Å²) in [6.45, 7) is 5.55. The molecule has 0 fully saturated rings. The zero-order chi connectivity index (χ0) is 21.9. The minimum atomic E-state index is -3.75. The van der Waals surface area contributed by atoms with Gasteiger partial charge in [-0.25, -0.2) is 8.42 Å². The number of anilines is 1. The summed E-state index contributed by atoms with van der Waals surface area (Å²) >= 11 is -1.39. The highest BCUT2D eigenvalue weighted by Gasteiger charge is 2.26. The van der Waals surface area contributed by atoms with E-state index in [9.17, 15) is 13.0 Å². The first-order chi connectivity index (χ1) is 14.1. The van der Waals surface area contributed by atoms with Gasteiger partial charge in [0.2, 0.25) is 0 Å². The molecule has 1 heterocycles. The van der Waals surface area contributed by atoms with Crippen molar-refractivity contribution in [2.24, 2.45) is 4.40 Å². The molecular formula is C22H24N2O4S2. The summed E-state index contributed by atoms with van der Waals surface area (Å²) < 4.78 is 48.9. The highest BCUT2D eigenvalue weighted by atomic mass is 32.2. The van der Waals surface area contributed by atoms with E-state index in [-0.39, 0.29) is 4.90 Å². The zero-order valence-electron chi connectivity index (χ0n) is 17.3. The molecule has 0 saturated heterocycles. The van der Waals surface area contributed by atoms with Gasteiger partial charge in [-0.3, -0.25) is 4.31 Å². The Hall–Kier alpha value is -2.55. The lowest BCUT2D eigenvalue weighted by atomic mass is 10.1. The Balaban J connectivity index is 2.04. The van der Waals surface area contributed by atoms with Crippen LogP contribution >= 0.6 is 0 Å². The molecule has 0 saturated carbocycles. The van der Waals surface area contributed by atoms with Gasteiger partial charge in [0.05, 0.1) is 23.1 Å². The van der Waals surface area contributed by atoms with Gasteiger partial charge in [0.15, 0.2) is 0 Å². The summed E-state index contributed by atoms with van der Waals surface area (Å²) in [5.41, 5.74) is 1.74. The summed E-state index contributed by atoms with van der Waals surface area (Å²) in [4.78, 5) is 0.198. The molecule has 0 aliphatic heterocycles. The minimum Gasteiger partial charge on any atom is -0.591 e. The van der Waals surface area contributed by atoms with E-state index in [1.54, 1.807) is 60.7 Å². The second-order valence-electron chi connectivity index (χ2n) is 7.64. The Morgan fingerprint density at radius 3 is 2.37 bits per heavy atom. The fourth-order valence-electron chi connectivity index (χ4n) is 2.68. The molecule has 0 radical (unpaired) electrons. The van der Waals surface area contributed by atoms with Crippen LogP contribution in [-0.2, 0) is 21.4 Å². The first kappa shape index (κ1) is 22.1. The van der Waals surface area contributed by atoms with Gasteiger partial charge in [0, 0.05) is 12.6 Å². The molecule has 2 aromatic carbocycles. The number of hydrogen-bond donors (Lipinski definition) is 0. The van der Waals surface area contributed by atoms with Crippen molar-refractivity contribution in [3.8, 4) is 11.3 Å². The summed E-state index contributed by atoms with van der Waals surface area (Å²) in [6.07, 6.45) is 3.06. The number of nitrogens with zero attached hydrogens (tertiary/aromatic N) is 2. The molecule has 1 atom stereocenters. The van der Waals surface area contributed by atoms with Crippen molar-refractivity contribution < 1.29 is 17.4 Å². The largest absolute Gasteiger partial charge is 0.591 e. The Morgan fingerprint density at radius 1 is 1.07 bits per heavy atom. The predicted molar refractivity (Wildman–Crippen MR) is 122 cm³/mol. The molecule has 3 rings (SSSR count). The third-order valence-corrected chi connectivity index (χ3v) is 7.50. The predicted octanol–water partition coefficient (Wildman–Crippen LogP) is 4.65. The molecule has 0 amide bonds.